The number of aliphatic carboxylic acids is 1. The molecule has 0 bridgehead atoms. The van der Waals surface area contributed by atoms with Crippen LogP contribution < -0.4 is 0 Å². The van der Waals surface area contributed by atoms with Crippen LogP contribution in [0.2, 0.25) is 5.02 Å². The Morgan fingerprint density at radius 2 is 2.25 bits per heavy atom. The third kappa shape index (κ3) is 2.71. The van der Waals surface area contributed by atoms with Gasteiger partial charge >= 0.3 is 5.97 Å². The molecule has 1 aromatic carbocycles. The van der Waals surface area contributed by atoms with Crippen LogP contribution in [0, 0.1) is 5.82 Å². The molecule has 0 saturated heterocycles. The monoisotopic (exact) mass is 246 g/mol. The van der Waals surface area contributed by atoms with Crippen LogP contribution in [-0.2, 0) is 16.1 Å². The molecule has 1 atom stereocenters. The molecule has 0 amide bonds. The normalized spacial score (nSPS) is 12.5. The number of rotatable bonds is 4. The van der Waals surface area contributed by atoms with E-state index in [1.54, 1.807) is 0 Å². The first kappa shape index (κ1) is 12.9. The van der Waals surface area contributed by atoms with Gasteiger partial charge in [-0.3, -0.25) is 4.79 Å². The molecule has 0 fully saturated rings. The van der Waals surface area contributed by atoms with E-state index in [-0.39, 0.29) is 17.7 Å². The fourth-order valence-electron chi connectivity index (χ4n) is 1.38. The smallest absolute Gasteiger partial charge is 0.310 e. The molecule has 16 heavy (non-hydrogen) atoms. The summed E-state index contributed by atoms with van der Waals surface area (Å²) in [5.74, 6) is -2.60. The number of hydrogen-bond donors (Lipinski definition) is 1. The van der Waals surface area contributed by atoms with Crippen molar-refractivity contribution >= 4 is 17.6 Å². The summed E-state index contributed by atoms with van der Waals surface area (Å²) in [4.78, 5) is 10.8. The highest BCUT2D eigenvalue weighted by Crippen LogP contribution is 2.26. The molecule has 0 aliphatic carbocycles. The average Bonchev–Trinajstić information content (AvgIpc) is 2.22. The summed E-state index contributed by atoms with van der Waals surface area (Å²) < 4.78 is 18.7. The third-order valence-electron chi connectivity index (χ3n) is 2.28. The van der Waals surface area contributed by atoms with Gasteiger partial charge in [0.15, 0.2) is 0 Å². The van der Waals surface area contributed by atoms with Gasteiger partial charge in [0, 0.05) is 23.3 Å². The van der Waals surface area contributed by atoms with Crippen LogP contribution in [0.15, 0.2) is 12.1 Å². The molecule has 3 nitrogen and oxygen atoms in total. The molecule has 5 heteroatoms. The second-order valence-electron chi connectivity index (χ2n) is 3.46. The summed E-state index contributed by atoms with van der Waals surface area (Å²) in [6.07, 6.45) is 0. The van der Waals surface area contributed by atoms with Gasteiger partial charge in [0.25, 0.3) is 0 Å². The number of ether oxygens (including phenoxy) is 1. The van der Waals surface area contributed by atoms with Gasteiger partial charge in [0.2, 0.25) is 0 Å². The van der Waals surface area contributed by atoms with Gasteiger partial charge < -0.3 is 9.84 Å². The van der Waals surface area contributed by atoms with Gasteiger partial charge in [-0.15, -0.1) is 0 Å². The highest BCUT2D eigenvalue weighted by Gasteiger charge is 2.20. The van der Waals surface area contributed by atoms with E-state index in [4.69, 9.17) is 21.4 Å². The van der Waals surface area contributed by atoms with E-state index in [1.807, 2.05) is 0 Å². The van der Waals surface area contributed by atoms with E-state index in [2.05, 4.69) is 0 Å². The van der Waals surface area contributed by atoms with Gasteiger partial charge in [-0.25, -0.2) is 4.39 Å². The zero-order chi connectivity index (χ0) is 12.3. The van der Waals surface area contributed by atoms with Gasteiger partial charge in [0.05, 0.1) is 12.5 Å². The quantitative estimate of drug-likeness (QED) is 0.889. The van der Waals surface area contributed by atoms with Crippen LogP contribution in [0.3, 0.4) is 0 Å². The summed E-state index contributed by atoms with van der Waals surface area (Å²) in [5.41, 5.74) is 0.338. The number of halogens is 2. The molecule has 1 unspecified atom stereocenters. The minimum atomic E-state index is -1.09. The lowest BCUT2D eigenvalue weighted by molar-refractivity contribution is -0.138. The molecule has 1 N–H and O–H groups in total. The number of carboxylic acid groups (broad SMARTS) is 1. The Labute approximate surface area is 97.8 Å². The SMILES string of the molecule is COCc1cc(Cl)cc(C(C)C(=O)O)c1F. The zero-order valence-corrected chi connectivity index (χ0v) is 9.71. The first-order chi connectivity index (χ1) is 7.47. The predicted molar refractivity (Wildman–Crippen MR) is 58.2 cm³/mol. The maximum Gasteiger partial charge on any atom is 0.310 e. The van der Waals surface area contributed by atoms with Crippen molar-refractivity contribution < 1.29 is 19.0 Å². The second kappa shape index (κ2) is 5.27. The fourth-order valence-corrected chi connectivity index (χ4v) is 1.63. The Bertz CT molecular complexity index is 406. The first-order valence-corrected chi connectivity index (χ1v) is 5.04. The van der Waals surface area contributed by atoms with Crippen molar-refractivity contribution in [1.82, 2.24) is 0 Å². The molecule has 0 spiro atoms. The Kier molecular flexibility index (Phi) is 4.26. The average molecular weight is 247 g/mol. The molecule has 0 radical (unpaired) electrons. The molecule has 0 saturated carbocycles. The summed E-state index contributed by atoms with van der Waals surface area (Å²) in [6, 6.07) is 2.76. The summed E-state index contributed by atoms with van der Waals surface area (Å²) in [6.45, 7) is 1.47. The predicted octanol–water partition coefficient (Wildman–Crippen LogP) is 2.81. The van der Waals surface area contributed by atoms with Crippen molar-refractivity contribution in [3.63, 3.8) is 0 Å². The number of methoxy groups -OCH3 is 1. The van der Waals surface area contributed by atoms with E-state index in [0.29, 0.717) is 5.02 Å². The summed E-state index contributed by atoms with van der Waals surface area (Å²) in [7, 11) is 1.43. The molecule has 0 aliphatic heterocycles. The van der Waals surface area contributed by atoms with E-state index in [1.165, 1.54) is 26.2 Å². The van der Waals surface area contributed by atoms with Crippen LogP contribution in [0.1, 0.15) is 24.0 Å². The van der Waals surface area contributed by atoms with Gasteiger partial charge in [-0.05, 0) is 19.1 Å². The van der Waals surface area contributed by atoms with E-state index < -0.39 is 17.7 Å². The topological polar surface area (TPSA) is 46.5 Å². The van der Waals surface area contributed by atoms with Crippen LogP contribution in [0.5, 0.6) is 0 Å². The van der Waals surface area contributed by atoms with Crippen molar-refractivity contribution in [1.29, 1.82) is 0 Å². The standard InChI is InChI=1S/C11H12ClFO3/c1-6(11(14)15)9-4-8(12)3-7(5-16-2)10(9)13/h3-4,6H,5H2,1-2H3,(H,14,15). The molecule has 0 heterocycles. The molecular formula is C11H12ClFO3. The Hall–Kier alpha value is -1.13. The minimum Gasteiger partial charge on any atom is -0.481 e. The maximum absolute atomic E-state index is 13.8. The van der Waals surface area contributed by atoms with Crippen LogP contribution >= 0.6 is 11.6 Å². The Balaban J connectivity index is 3.23. The first-order valence-electron chi connectivity index (χ1n) is 4.67. The lowest BCUT2D eigenvalue weighted by Crippen LogP contribution is -2.11. The van der Waals surface area contributed by atoms with Crippen molar-refractivity contribution in [3.05, 3.63) is 34.1 Å². The number of carbonyl (C=O) groups is 1. The van der Waals surface area contributed by atoms with E-state index in [0.717, 1.165) is 0 Å². The highest BCUT2D eigenvalue weighted by atomic mass is 35.5. The third-order valence-corrected chi connectivity index (χ3v) is 2.50. The second-order valence-corrected chi connectivity index (χ2v) is 3.90. The lowest BCUT2D eigenvalue weighted by atomic mass is 9.98. The molecule has 0 aromatic heterocycles. The molecule has 88 valence electrons. The van der Waals surface area contributed by atoms with Gasteiger partial charge in [-0.2, -0.15) is 0 Å². The van der Waals surface area contributed by atoms with Crippen molar-refractivity contribution in [2.24, 2.45) is 0 Å². The largest absolute Gasteiger partial charge is 0.481 e. The number of carboxylic acids is 1. The van der Waals surface area contributed by atoms with Crippen LogP contribution in [0.25, 0.3) is 0 Å². The number of hydrogen-bond acceptors (Lipinski definition) is 2. The molecule has 1 aromatic rings. The highest BCUT2D eigenvalue weighted by molar-refractivity contribution is 6.30. The minimum absolute atomic E-state index is 0.0612. The van der Waals surface area contributed by atoms with E-state index in [9.17, 15) is 9.18 Å². The summed E-state index contributed by atoms with van der Waals surface area (Å²) in [5, 5.41) is 9.13. The molecule has 0 aliphatic rings. The summed E-state index contributed by atoms with van der Waals surface area (Å²) >= 11 is 5.79. The van der Waals surface area contributed by atoms with E-state index >= 15 is 0 Å². The van der Waals surface area contributed by atoms with Gasteiger partial charge in [0.1, 0.15) is 5.82 Å². The van der Waals surface area contributed by atoms with Crippen molar-refractivity contribution in [2.75, 3.05) is 7.11 Å². The van der Waals surface area contributed by atoms with Crippen molar-refractivity contribution in [2.45, 2.75) is 19.4 Å². The van der Waals surface area contributed by atoms with Crippen LogP contribution in [0.4, 0.5) is 4.39 Å². The van der Waals surface area contributed by atoms with Gasteiger partial charge in [-0.1, -0.05) is 11.6 Å². The fraction of sp³-hybridized carbons (Fsp3) is 0.364. The zero-order valence-electron chi connectivity index (χ0n) is 8.96. The number of benzene rings is 1. The Morgan fingerprint density at radius 1 is 1.62 bits per heavy atom. The molecule has 1 rings (SSSR count). The molecular weight excluding hydrogens is 235 g/mol. The maximum atomic E-state index is 13.8. The van der Waals surface area contributed by atoms with Crippen LogP contribution in [-0.4, -0.2) is 18.2 Å². The Morgan fingerprint density at radius 3 is 2.75 bits per heavy atom. The lowest BCUT2D eigenvalue weighted by Gasteiger charge is -2.12. The van der Waals surface area contributed by atoms with Crippen molar-refractivity contribution in [3.8, 4) is 0 Å².